The highest BCUT2D eigenvalue weighted by atomic mass is 35.5. The van der Waals surface area contributed by atoms with Gasteiger partial charge in [0.2, 0.25) is 0 Å². The molecule has 0 saturated heterocycles. The lowest BCUT2D eigenvalue weighted by molar-refractivity contribution is 0.722. The summed E-state index contributed by atoms with van der Waals surface area (Å²) in [7, 11) is 0. The van der Waals surface area contributed by atoms with E-state index in [9.17, 15) is 0 Å². The number of alkyl halides is 1. The minimum atomic E-state index is -0.199. The summed E-state index contributed by atoms with van der Waals surface area (Å²) in [6.45, 7) is 4.38. The fourth-order valence-corrected chi connectivity index (χ4v) is 2.58. The molecule has 0 bridgehead atoms. The summed E-state index contributed by atoms with van der Waals surface area (Å²) in [6.07, 6.45) is 3.53. The van der Waals surface area contributed by atoms with Crippen molar-refractivity contribution in [3.05, 3.63) is 52.8 Å². The average molecular weight is 321 g/mol. The number of hydrogen-bond donors (Lipinski definition) is 0. The van der Waals surface area contributed by atoms with E-state index in [0.717, 1.165) is 28.2 Å². The average Bonchev–Trinajstić information content (AvgIpc) is 2.80. The van der Waals surface area contributed by atoms with Crippen molar-refractivity contribution in [3.8, 4) is 0 Å². The largest absolute Gasteiger partial charge is 0.321 e. The Hall–Kier alpha value is -1.65. The highest BCUT2D eigenvalue weighted by Crippen LogP contribution is 2.27. The highest BCUT2D eigenvalue weighted by Gasteiger charge is 2.16. The first-order chi connectivity index (χ1) is 10.0. The van der Waals surface area contributed by atoms with Crippen molar-refractivity contribution < 1.29 is 0 Å². The van der Waals surface area contributed by atoms with Gasteiger partial charge < -0.3 is 4.57 Å². The Kier molecular flexibility index (Phi) is 3.83. The molecule has 0 fully saturated rings. The lowest BCUT2D eigenvalue weighted by Crippen LogP contribution is -2.07. The summed E-state index contributed by atoms with van der Waals surface area (Å²) in [5.41, 5.74) is 3.58. The van der Waals surface area contributed by atoms with Crippen molar-refractivity contribution in [1.29, 1.82) is 0 Å². The third kappa shape index (κ3) is 2.87. The van der Waals surface area contributed by atoms with Gasteiger partial charge in [-0.2, -0.15) is 0 Å². The van der Waals surface area contributed by atoms with Gasteiger partial charge in [0.15, 0.2) is 0 Å². The summed E-state index contributed by atoms with van der Waals surface area (Å²) in [5.74, 6) is 0.802. The van der Waals surface area contributed by atoms with Gasteiger partial charge in [0.05, 0.1) is 40.5 Å². The van der Waals surface area contributed by atoms with Crippen LogP contribution in [0.25, 0.3) is 11.0 Å². The van der Waals surface area contributed by atoms with E-state index in [1.807, 2.05) is 36.6 Å². The van der Waals surface area contributed by atoms with E-state index < -0.39 is 0 Å². The lowest BCUT2D eigenvalue weighted by atomic mass is 10.3. The molecule has 0 radical (unpaired) electrons. The molecule has 1 unspecified atom stereocenters. The molecule has 0 amide bonds. The monoisotopic (exact) mass is 320 g/mol. The van der Waals surface area contributed by atoms with Crippen molar-refractivity contribution in [2.75, 3.05) is 0 Å². The summed E-state index contributed by atoms with van der Waals surface area (Å²) < 4.78 is 2.04. The van der Waals surface area contributed by atoms with Gasteiger partial charge in [-0.25, -0.2) is 4.98 Å². The molecule has 21 heavy (non-hydrogen) atoms. The van der Waals surface area contributed by atoms with Gasteiger partial charge >= 0.3 is 0 Å². The molecule has 0 spiro atoms. The predicted molar refractivity (Wildman–Crippen MR) is 84.9 cm³/mol. The molecule has 108 valence electrons. The van der Waals surface area contributed by atoms with E-state index in [1.165, 1.54) is 0 Å². The number of aromatic nitrogens is 4. The third-order valence-corrected chi connectivity index (χ3v) is 3.68. The van der Waals surface area contributed by atoms with Gasteiger partial charge in [0.1, 0.15) is 5.82 Å². The van der Waals surface area contributed by atoms with E-state index in [2.05, 4.69) is 15.0 Å². The molecule has 6 heteroatoms. The number of hydrogen-bond acceptors (Lipinski definition) is 3. The summed E-state index contributed by atoms with van der Waals surface area (Å²) >= 11 is 12.4. The third-order valence-electron chi connectivity index (χ3n) is 3.25. The molecule has 2 heterocycles. The zero-order chi connectivity index (χ0) is 15.0. The number of benzene rings is 1. The van der Waals surface area contributed by atoms with Crippen molar-refractivity contribution in [2.24, 2.45) is 0 Å². The second-order valence-corrected chi connectivity index (χ2v) is 6.05. The summed E-state index contributed by atoms with van der Waals surface area (Å²) in [4.78, 5) is 13.3. The molecule has 1 atom stereocenters. The van der Waals surface area contributed by atoms with Crippen molar-refractivity contribution in [2.45, 2.75) is 25.8 Å². The molecule has 4 nitrogen and oxygen atoms in total. The highest BCUT2D eigenvalue weighted by molar-refractivity contribution is 6.31. The molecule has 0 N–H and O–H groups in total. The van der Waals surface area contributed by atoms with E-state index in [4.69, 9.17) is 23.2 Å². The first-order valence-electron chi connectivity index (χ1n) is 6.62. The maximum atomic E-state index is 6.26. The van der Waals surface area contributed by atoms with Crippen LogP contribution >= 0.6 is 23.2 Å². The van der Waals surface area contributed by atoms with Crippen LogP contribution in [0.2, 0.25) is 5.02 Å². The van der Waals surface area contributed by atoms with Crippen LogP contribution in [-0.2, 0) is 6.54 Å². The van der Waals surface area contributed by atoms with Crippen LogP contribution in [0.15, 0.2) is 30.6 Å². The topological polar surface area (TPSA) is 43.6 Å². The van der Waals surface area contributed by atoms with Gasteiger partial charge in [-0.3, -0.25) is 9.97 Å². The Morgan fingerprint density at radius 3 is 2.71 bits per heavy atom. The van der Waals surface area contributed by atoms with E-state index in [0.29, 0.717) is 11.6 Å². The van der Waals surface area contributed by atoms with Gasteiger partial charge in [-0.1, -0.05) is 11.6 Å². The maximum absolute atomic E-state index is 6.26. The fourth-order valence-electron chi connectivity index (χ4n) is 2.25. The van der Waals surface area contributed by atoms with Crippen LogP contribution in [-0.4, -0.2) is 19.5 Å². The van der Waals surface area contributed by atoms with Crippen LogP contribution in [0, 0.1) is 6.92 Å². The Morgan fingerprint density at radius 1 is 1.24 bits per heavy atom. The Labute approximate surface area is 132 Å². The molecule has 0 aliphatic heterocycles. The van der Waals surface area contributed by atoms with Gasteiger partial charge in [0, 0.05) is 11.2 Å². The number of aryl methyl sites for hydroxylation is 1. The molecule has 2 aromatic heterocycles. The van der Waals surface area contributed by atoms with E-state index >= 15 is 0 Å². The van der Waals surface area contributed by atoms with Crippen molar-refractivity contribution >= 4 is 34.2 Å². The molecular weight excluding hydrogens is 307 g/mol. The second kappa shape index (κ2) is 5.62. The smallest absolute Gasteiger partial charge is 0.128 e. The second-order valence-electron chi connectivity index (χ2n) is 4.95. The quantitative estimate of drug-likeness (QED) is 0.681. The number of rotatable bonds is 3. The molecule has 3 aromatic rings. The first kappa shape index (κ1) is 14.3. The van der Waals surface area contributed by atoms with Crippen molar-refractivity contribution in [3.63, 3.8) is 0 Å². The maximum Gasteiger partial charge on any atom is 0.128 e. The Balaban J connectivity index is 2.12. The van der Waals surface area contributed by atoms with Crippen LogP contribution in [0.3, 0.4) is 0 Å². The van der Waals surface area contributed by atoms with E-state index in [-0.39, 0.29) is 5.38 Å². The zero-order valence-corrected chi connectivity index (χ0v) is 13.2. The van der Waals surface area contributed by atoms with Gasteiger partial charge in [-0.15, -0.1) is 11.6 Å². The van der Waals surface area contributed by atoms with Crippen LogP contribution in [0.1, 0.15) is 29.5 Å². The zero-order valence-electron chi connectivity index (χ0n) is 11.7. The minimum Gasteiger partial charge on any atom is -0.321 e. The lowest BCUT2D eigenvalue weighted by Gasteiger charge is -2.10. The fraction of sp³-hybridized carbons (Fsp3) is 0.267. The van der Waals surface area contributed by atoms with Gasteiger partial charge in [0.25, 0.3) is 0 Å². The SMILES string of the molecule is Cc1cnc(Cn2c(C(C)Cl)nc3ccc(Cl)cc32)cn1. The summed E-state index contributed by atoms with van der Waals surface area (Å²) in [5, 5.41) is 0.474. The first-order valence-corrected chi connectivity index (χ1v) is 7.43. The van der Waals surface area contributed by atoms with Crippen LogP contribution in [0.5, 0.6) is 0 Å². The minimum absolute atomic E-state index is 0.199. The molecule has 3 rings (SSSR count). The van der Waals surface area contributed by atoms with Crippen LogP contribution in [0.4, 0.5) is 0 Å². The molecular formula is C15H14Cl2N4. The number of fused-ring (bicyclic) bond motifs is 1. The molecule has 0 aliphatic carbocycles. The number of halogens is 2. The normalized spacial score (nSPS) is 12.8. The number of imidazole rings is 1. The van der Waals surface area contributed by atoms with Gasteiger partial charge in [-0.05, 0) is 32.0 Å². The summed E-state index contributed by atoms with van der Waals surface area (Å²) in [6, 6.07) is 5.63. The molecule has 1 aromatic carbocycles. The standard InChI is InChI=1S/C15H14Cl2N4/c1-9-6-19-12(7-18-9)8-21-14-5-11(17)3-4-13(14)20-15(21)10(2)16/h3-7,10H,8H2,1-2H3. The number of nitrogens with zero attached hydrogens (tertiary/aromatic N) is 4. The molecule has 0 saturated carbocycles. The van der Waals surface area contributed by atoms with Crippen LogP contribution < -0.4 is 0 Å². The van der Waals surface area contributed by atoms with Crippen molar-refractivity contribution in [1.82, 2.24) is 19.5 Å². The Morgan fingerprint density at radius 2 is 2.05 bits per heavy atom. The van der Waals surface area contributed by atoms with E-state index in [1.54, 1.807) is 12.4 Å². The predicted octanol–water partition coefficient (Wildman–Crippen LogP) is 4.14. The molecule has 0 aliphatic rings. The Bertz CT molecular complexity index is 778.